The summed E-state index contributed by atoms with van der Waals surface area (Å²) in [6.07, 6.45) is 3.45. The smallest absolute Gasteiger partial charge is 0.273 e. The molecular weight excluding hydrogens is 418 g/mol. The molecule has 0 aliphatic heterocycles. The molecule has 3 aromatic heterocycles. The summed E-state index contributed by atoms with van der Waals surface area (Å²) < 4.78 is 8.92. The topological polar surface area (TPSA) is 99.8 Å². The van der Waals surface area contributed by atoms with Crippen molar-refractivity contribution in [2.45, 2.75) is 0 Å². The quantitative estimate of drug-likeness (QED) is 0.429. The fourth-order valence-corrected chi connectivity index (χ4v) is 3.25. The molecule has 0 aliphatic rings. The number of aromatic nitrogens is 6. The van der Waals surface area contributed by atoms with Crippen molar-refractivity contribution < 1.29 is 9.53 Å². The summed E-state index contributed by atoms with van der Waals surface area (Å²) in [5.74, 6) is 1.27. The summed E-state index contributed by atoms with van der Waals surface area (Å²) >= 11 is 0. The van der Waals surface area contributed by atoms with Crippen LogP contribution in [0.5, 0.6) is 11.6 Å². The molecule has 0 bridgehead atoms. The standard InChI is InChI=1S/C24H19N7O2/c1-30-21(16-20(29-30)17-6-3-2-4-7-17)24(32)26-18-8-10-19(11-9-18)33-23-13-12-22(27-28-23)31-15-5-14-25-31/h2-16H,1H3,(H,26,32). The molecule has 0 spiro atoms. The molecule has 9 heteroatoms. The molecule has 2 aromatic carbocycles. The van der Waals surface area contributed by atoms with Crippen LogP contribution in [0.2, 0.25) is 0 Å². The molecule has 0 fully saturated rings. The number of nitrogens with one attached hydrogen (secondary N) is 1. The first kappa shape index (κ1) is 20.1. The second-order valence-electron chi connectivity index (χ2n) is 7.17. The second kappa shape index (κ2) is 8.75. The first-order chi connectivity index (χ1) is 16.2. The minimum absolute atomic E-state index is 0.249. The van der Waals surface area contributed by atoms with E-state index in [9.17, 15) is 4.79 Å². The predicted octanol–water partition coefficient (Wildman–Crippen LogP) is 4.11. The fraction of sp³-hybridized carbons (Fsp3) is 0.0417. The number of anilines is 1. The summed E-state index contributed by atoms with van der Waals surface area (Å²) in [7, 11) is 1.75. The monoisotopic (exact) mass is 437 g/mol. The Morgan fingerprint density at radius 1 is 0.939 bits per heavy atom. The Labute approximate surface area is 189 Å². The normalized spacial score (nSPS) is 10.7. The van der Waals surface area contributed by atoms with E-state index in [1.54, 1.807) is 71.3 Å². The van der Waals surface area contributed by atoms with Gasteiger partial charge in [0.15, 0.2) is 5.82 Å². The van der Waals surface area contributed by atoms with Crippen molar-refractivity contribution in [1.82, 2.24) is 29.8 Å². The Bertz CT molecular complexity index is 1360. The van der Waals surface area contributed by atoms with Gasteiger partial charge in [0.25, 0.3) is 5.91 Å². The van der Waals surface area contributed by atoms with Gasteiger partial charge in [-0.3, -0.25) is 9.48 Å². The molecule has 9 nitrogen and oxygen atoms in total. The van der Waals surface area contributed by atoms with Crippen LogP contribution in [-0.4, -0.2) is 35.7 Å². The van der Waals surface area contributed by atoms with Crippen LogP contribution < -0.4 is 10.1 Å². The maximum atomic E-state index is 12.8. The van der Waals surface area contributed by atoms with Gasteiger partial charge in [0.2, 0.25) is 5.88 Å². The van der Waals surface area contributed by atoms with Gasteiger partial charge in [-0.2, -0.15) is 10.2 Å². The number of nitrogens with zero attached hydrogens (tertiary/aromatic N) is 6. The van der Waals surface area contributed by atoms with Crippen LogP contribution in [0, 0.1) is 0 Å². The number of carbonyl (C=O) groups is 1. The largest absolute Gasteiger partial charge is 0.438 e. The lowest BCUT2D eigenvalue weighted by atomic mass is 10.1. The van der Waals surface area contributed by atoms with E-state index >= 15 is 0 Å². The third-order valence-corrected chi connectivity index (χ3v) is 4.88. The van der Waals surface area contributed by atoms with Crippen LogP contribution in [0.1, 0.15) is 10.5 Å². The zero-order valence-electron chi connectivity index (χ0n) is 17.7. The fourth-order valence-electron chi connectivity index (χ4n) is 3.25. The van der Waals surface area contributed by atoms with Crippen molar-refractivity contribution in [1.29, 1.82) is 0 Å². The first-order valence-electron chi connectivity index (χ1n) is 10.2. The SMILES string of the molecule is Cn1nc(-c2ccccc2)cc1C(=O)Nc1ccc(Oc2ccc(-n3cccn3)nn2)cc1. The van der Waals surface area contributed by atoms with Crippen LogP contribution in [0.15, 0.2) is 91.3 Å². The summed E-state index contributed by atoms with van der Waals surface area (Å²) in [5, 5.41) is 19.6. The average Bonchev–Trinajstić information content (AvgIpc) is 3.52. The minimum Gasteiger partial charge on any atom is -0.438 e. The van der Waals surface area contributed by atoms with Crippen molar-refractivity contribution in [3.8, 4) is 28.7 Å². The van der Waals surface area contributed by atoms with Crippen LogP contribution in [0.3, 0.4) is 0 Å². The number of rotatable bonds is 6. The van der Waals surface area contributed by atoms with Gasteiger partial charge in [0.05, 0.1) is 5.69 Å². The van der Waals surface area contributed by atoms with Crippen LogP contribution in [0.4, 0.5) is 5.69 Å². The molecule has 0 aliphatic carbocycles. The summed E-state index contributed by atoms with van der Waals surface area (Å²) in [5.41, 5.74) is 2.79. The molecule has 5 aromatic rings. The number of carbonyl (C=O) groups excluding carboxylic acids is 1. The molecule has 33 heavy (non-hydrogen) atoms. The number of amides is 1. The van der Waals surface area contributed by atoms with Gasteiger partial charge in [0, 0.05) is 36.8 Å². The van der Waals surface area contributed by atoms with E-state index < -0.39 is 0 Å². The first-order valence-corrected chi connectivity index (χ1v) is 10.2. The molecule has 3 heterocycles. The lowest BCUT2D eigenvalue weighted by Gasteiger charge is -2.08. The molecule has 162 valence electrons. The molecule has 5 rings (SSSR count). The van der Waals surface area contributed by atoms with Crippen molar-refractivity contribution in [2.75, 3.05) is 5.32 Å². The highest BCUT2D eigenvalue weighted by Crippen LogP contribution is 2.23. The van der Waals surface area contributed by atoms with Gasteiger partial charge in [-0.15, -0.1) is 10.2 Å². The van der Waals surface area contributed by atoms with Crippen LogP contribution in [0.25, 0.3) is 17.1 Å². The van der Waals surface area contributed by atoms with Gasteiger partial charge in [-0.25, -0.2) is 4.68 Å². The lowest BCUT2D eigenvalue weighted by Crippen LogP contribution is -2.15. The predicted molar refractivity (Wildman–Crippen MR) is 122 cm³/mol. The highest BCUT2D eigenvalue weighted by molar-refractivity contribution is 6.03. The van der Waals surface area contributed by atoms with E-state index in [4.69, 9.17) is 4.74 Å². The zero-order valence-corrected chi connectivity index (χ0v) is 17.7. The number of hydrogen-bond acceptors (Lipinski definition) is 6. The zero-order chi connectivity index (χ0) is 22.6. The third kappa shape index (κ3) is 4.47. The Balaban J connectivity index is 1.24. The van der Waals surface area contributed by atoms with Gasteiger partial charge >= 0.3 is 0 Å². The maximum absolute atomic E-state index is 12.8. The number of hydrogen-bond donors (Lipinski definition) is 1. The molecule has 0 unspecified atom stereocenters. The Hall–Kier alpha value is -4.79. The van der Waals surface area contributed by atoms with E-state index in [2.05, 4.69) is 25.7 Å². The van der Waals surface area contributed by atoms with Gasteiger partial charge in [-0.05, 0) is 42.5 Å². The minimum atomic E-state index is -0.249. The van der Waals surface area contributed by atoms with Crippen molar-refractivity contribution >= 4 is 11.6 Å². The van der Waals surface area contributed by atoms with Gasteiger partial charge in [-0.1, -0.05) is 30.3 Å². The third-order valence-electron chi connectivity index (χ3n) is 4.88. The molecular formula is C24H19N7O2. The highest BCUT2D eigenvalue weighted by Gasteiger charge is 2.14. The highest BCUT2D eigenvalue weighted by atomic mass is 16.5. The molecule has 0 radical (unpaired) electrons. The van der Waals surface area contributed by atoms with E-state index in [0.29, 0.717) is 28.8 Å². The van der Waals surface area contributed by atoms with Crippen LogP contribution in [-0.2, 0) is 7.05 Å². The van der Waals surface area contributed by atoms with E-state index in [0.717, 1.165) is 11.3 Å². The van der Waals surface area contributed by atoms with E-state index in [1.165, 1.54) is 0 Å². The molecule has 0 saturated carbocycles. The van der Waals surface area contributed by atoms with Crippen LogP contribution >= 0.6 is 0 Å². The van der Waals surface area contributed by atoms with Gasteiger partial charge < -0.3 is 10.1 Å². The summed E-state index contributed by atoms with van der Waals surface area (Å²) in [6, 6.07) is 23.8. The van der Waals surface area contributed by atoms with E-state index in [1.807, 2.05) is 36.4 Å². The van der Waals surface area contributed by atoms with E-state index in [-0.39, 0.29) is 5.91 Å². The lowest BCUT2D eigenvalue weighted by molar-refractivity contribution is 0.101. The Morgan fingerprint density at radius 3 is 2.45 bits per heavy atom. The number of aryl methyl sites for hydroxylation is 1. The molecule has 0 saturated heterocycles. The second-order valence-corrected chi connectivity index (χ2v) is 7.17. The molecule has 1 N–H and O–H groups in total. The Kier molecular flexibility index (Phi) is 5.34. The summed E-state index contributed by atoms with van der Waals surface area (Å²) in [6.45, 7) is 0. The maximum Gasteiger partial charge on any atom is 0.273 e. The van der Waals surface area contributed by atoms with Gasteiger partial charge in [0.1, 0.15) is 11.4 Å². The van der Waals surface area contributed by atoms with Crippen molar-refractivity contribution in [3.05, 3.63) is 97.0 Å². The molecule has 1 amide bonds. The average molecular weight is 437 g/mol. The number of benzene rings is 2. The molecule has 0 atom stereocenters. The summed E-state index contributed by atoms with van der Waals surface area (Å²) in [4.78, 5) is 12.8. The van der Waals surface area contributed by atoms with Crippen molar-refractivity contribution in [2.24, 2.45) is 7.05 Å². The Morgan fingerprint density at radius 2 is 1.76 bits per heavy atom. The number of ether oxygens (including phenoxy) is 1. The van der Waals surface area contributed by atoms with Crippen molar-refractivity contribution in [3.63, 3.8) is 0 Å².